The second-order valence-electron chi connectivity index (χ2n) is 4.79. The Morgan fingerprint density at radius 1 is 1.14 bits per heavy atom. The molecular weight excluding hydrogens is 302 g/mol. The molecule has 22 heavy (non-hydrogen) atoms. The van der Waals surface area contributed by atoms with Crippen molar-refractivity contribution in [3.05, 3.63) is 69.6 Å². The Labute approximate surface area is 132 Å². The van der Waals surface area contributed by atoms with Gasteiger partial charge in [0.2, 0.25) is 0 Å². The van der Waals surface area contributed by atoms with Crippen molar-refractivity contribution >= 4 is 11.6 Å². The molecule has 2 aromatic carbocycles. The molecule has 1 heterocycles. The van der Waals surface area contributed by atoms with E-state index in [4.69, 9.17) is 16.3 Å². The lowest BCUT2D eigenvalue weighted by molar-refractivity contribution is 0.414. The highest BCUT2D eigenvalue weighted by Gasteiger charge is 2.11. The van der Waals surface area contributed by atoms with E-state index in [9.17, 15) is 4.79 Å². The largest absolute Gasteiger partial charge is 0.497 e. The van der Waals surface area contributed by atoms with Crippen molar-refractivity contribution in [2.24, 2.45) is 0 Å². The van der Waals surface area contributed by atoms with E-state index in [-0.39, 0.29) is 5.69 Å². The molecule has 1 N–H and O–H groups in total. The zero-order valence-corrected chi connectivity index (χ0v) is 12.7. The zero-order valence-electron chi connectivity index (χ0n) is 11.9. The first-order chi connectivity index (χ1) is 10.7. The van der Waals surface area contributed by atoms with Gasteiger partial charge in [-0.05, 0) is 42.0 Å². The van der Waals surface area contributed by atoms with Gasteiger partial charge in [-0.15, -0.1) is 0 Å². The van der Waals surface area contributed by atoms with Crippen molar-refractivity contribution in [3.63, 3.8) is 0 Å². The number of aromatic amines is 1. The van der Waals surface area contributed by atoms with Gasteiger partial charge in [0, 0.05) is 10.6 Å². The van der Waals surface area contributed by atoms with Crippen LogP contribution in [0.1, 0.15) is 5.56 Å². The average Bonchev–Trinajstić information content (AvgIpc) is 2.90. The number of hydrogen-bond donors (Lipinski definition) is 1. The molecule has 0 aliphatic carbocycles. The molecule has 0 spiro atoms. The number of H-pyrrole nitrogens is 1. The van der Waals surface area contributed by atoms with Crippen LogP contribution in [0.3, 0.4) is 0 Å². The summed E-state index contributed by atoms with van der Waals surface area (Å²) < 4.78 is 6.72. The van der Waals surface area contributed by atoms with Crippen LogP contribution in [0.25, 0.3) is 11.4 Å². The fourth-order valence-corrected chi connectivity index (χ4v) is 2.32. The Kier molecular flexibility index (Phi) is 3.98. The van der Waals surface area contributed by atoms with Gasteiger partial charge in [0.1, 0.15) is 5.75 Å². The molecule has 0 bridgehead atoms. The maximum atomic E-state index is 12.0. The molecule has 0 amide bonds. The molecule has 0 saturated heterocycles. The molecule has 0 saturated carbocycles. The van der Waals surface area contributed by atoms with Crippen LogP contribution in [0.2, 0.25) is 5.02 Å². The van der Waals surface area contributed by atoms with E-state index in [1.165, 1.54) is 0 Å². The van der Waals surface area contributed by atoms with Gasteiger partial charge < -0.3 is 4.74 Å². The molecule has 0 aliphatic rings. The van der Waals surface area contributed by atoms with Crippen LogP contribution < -0.4 is 10.4 Å². The van der Waals surface area contributed by atoms with Gasteiger partial charge >= 0.3 is 5.69 Å². The highest BCUT2D eigenvalue weighted by molar-refractivity contribution is 6.30. The molecule has 1 aromatic heterocycles. The summed E-state index contributed by atoms with van der Waals surface area (Å²) in [4.78, 5) is 12.0. The van der Waals surface area contributed by atoms with Gasteiger partial charge in [-0.25, -0.2) is 9.89 Å². The number of ether oxygens (including phenoxy) is 1. The summed E-state index contributed by atoms with van der Waals surface area (Å²) in [5.41, 5.74) is 1.57. The van der Waals surface area contributed by atoms with Crippen LogP contribution in [0.5, 0.6) is 5.75 Å². The molecule has 0 aliphatic heterocycles. The van der Waals surface area contributed by atoms with Gasteiger partial charge in [-0.3, -0.25) is 4.57 Å². The third kappa shape index (κ3) is 2.89. The Bertz CT molecular complexity index is 820. The van der Waals surface area contributed by atoms with Crippen LogP contribution in [0.15, 0.2) is 53.3 Å². The minimum absolute atomic E-state index is 0.249. The maximum absolute atomic E-state index is 12.0. The van der Waals surface area contributed by atoms with Crippen LogP contribution in [0, 0.1) is 0 Å². The van der Waals surface area contributed by atoms with Crippen molar-refractivity contribution in [2.45, 2.75) is 6.54 Å². The second-order valence-corrected chi connectivity index (χ2v) is 5.23. The first-order valence-electron chi connectivity index (χ1n) is 6.71. The number of benzene rings is 2. The third-order valence-corrected chi connectivity index (χ3v) is 3.61. The molecular formula is C16H14ClN3O2. The first-order valence-corrected chi connectivity index (χ1v) is 7.09. The molecule has 3 rings (SSSR count). The first kappa shape index (κ1) is 14.4. The van der Waals surface area contributed by atoms with Gasteiger partial charge in [0.25, 0.3) is 0 Å². The molecule has 0 fully saturated rings. The van der Waals surface area contributed by atoms with Crippen LogP contribution >= 0.6 is 11.6 Å². The van der Waals surface area contributed by atoms with E-state index in [0.717, 1.165) is 16.9 Å². The molecule has 0 atom stereocenters. The van der Waals surface area contributed by atoms with E-state index < -0.39 is 0 Å². The predicted octanol–water partition coefficient (Wildman–Crippen LogP) is 2.95. The highest BCUT2D eigenvalue weighted by atomic mass is 35.5. The second kappa shape index (κ2) is 6.07. The number of methoxy groups -OCH3 is 1. The molecule has 0 unspecified atom stereocenters. The van der Waals surface area contributed by atoms with E-state index in [1.807, 2.05) is 36.4 Å². The average molecular weight is 316 g/mol. The molecule has 5 nitrogen and oxygen atoms in total. The van der Waals surface area contributed by atoms with Crippen molar-refractivity contribution in [2.75, 3.05) is 7.11 Å². The van der Waals surface area contributed by atoms with Gasteiger partial charge in [-0.1, -0.05) is 23.7 Å². The number of nitrogens with one attached hydrogen (secondary N) is 1. The van der Waals surface area contributed by atoms with Crippen molar-refractivity contribution in [3.8, 4) is 17.1 Å². The van der Waals surface area contributed by atoms with E-state index in [2.05, 4.69) is 10.2 Å². The van der Waals surface area contributed by atoms with Gasteiger partial charge in [0.05, 0.1) is 13.7 Å². The monoisotopic (exact) mass is 315 g/mol. The maximum Gasteiger partial charge on any atom is 0.343 e. The summed E-state index contributed by atoms with van der Waals surface area (Å²) in [7, 11) is 1.62. The molecule has 112 valence electrons. The Morgan fingerprint density at radius 3 is 2.45 bits per heavy atom. The number of hydrogen-bond acceptors (Lipinski definition) is 3. The summed E-state index contributed by atoms with van der Waals surface area (Å²) in [6.45, 7) is 0.428. The van der Waals surface area contributed by atoms with Gasteiger partial charge in [0.15, 0.2) is 5.82 Å². The topological polar surface area (TPSA) is 59.9 Å². The van der Waals surface area contributed by atoms with Gasteiger partial charge in [-0.2, -0.15) is 5.10 Å². The Hall–Kier alpha value is -2.53. The predicted molar refractivity (Wildman–Crippen MR) is 85.4 cm³/mol. The zero-order chi connectivity index (χ0) is 15.5. The lowest BCUT2D eigenvalue weighted by Crippen LogP contribution is -2.18. The standard InChI is InChI=1S/C16H14ClN3O2/c1-22-14-8-2-11(3-9-14)10-20-15(18-19-16(20)21)12-4-6-13(17)7-5-12/h2-9H,10H2,1H3,(H,19,21). The molecule has 6 heteroatoms. The van der Waals surface area contributed by atoms with Crippen molar-refractivity contribution in [1.29, 1.82) is 0 Å². The summed E-state index contributed by atoms with van der Waals surface area (Å²) in [6.07, 6.45) is 0. The molecule has 3 aromatic rings. The number of nitrogens with zero attached hydrogens (tertiary/aromatic N) is 2. The summed E-state index contributed by atoms with van der Waals surface area (Å²) in [5.74, 6) is 1.36. The normalized spacial score (nSPS) is 10.6. The summed E-state index contributed by atoms with van der Waals surface area (Å²) in [5, 5.41) is 7.24. The number of halogens is 1. The lowest BCUT2D eigenvalue weighted by atomic mass is 10.2. The van der Waals surface area contributed by atoms with Crippen molar-refractivity contribution in [1.82, 2.24) is 14.8 Å². The molecule has 0 radical (unpaired) electrons. The fourth-order valence-electron chi connectivity index (χ4n) is 2.20. The summed E-state index contributed by atoms with van der Waals surface area (Å²) >= 11 is 5.89. The van der Waals surface area contributed by atoms with E-state index >= 15 is 0 Å². The van der Waals surface area contributed by atoms with Crippen LogP contribution in [-0.2, 0) is 6.54 Å². The quantitative estimate of drug-likeness (QED) is 0.805. The van der Waals surface area contributed by atoms with Crippen LogP contribution in [0.4, 0.5) is 0 Å². The number of rotatable bonds is 4. The van der Waals surface area contributed by atoms with E-state index in [0.29, 0.717) is 17.4 Å². The lowest BCUT2D eigenvalue weighted by Gasteiger charge is -2.07. The Balaban J connectivity index is 1.95. The van der Waals surface area contributed by atoms with Crippen LogP contribution in [-0.4, -0.2) is 21.9 Å². The summed E-state index contributed by atoms with van der Waals surface area (Å²) in [6, 6.07) is 14.8. The third-order valence-electron chi connectivity index (χ3n) is 3.36. The fraction of sp³-hybridized carbons (Fsp3) is 0.125. The minimum atomic E-state index is -0.249. The van der Waals surface area contributed by atoms with Crippen molar-refractivity contribution < 1.29 is 4.74 Å². The minimum Gasteiger partial charge on any atom is -0.497 e. The SMILES string of the molecule is COc1ccc(Cn2c(-c3ccc(Cl)cc3)n[nH]c2=O)cc1. The van der Waals surface area contributed by atoms with E-state index in [1.54, 1.807) is 23.8 Å². The Morgan fingerprint density at radius 2 is 1.82 bits per heavy atom. The smallest absolute Gasteiger partial charge is 0.343 e. The number of aromatic nitrogens is 3. The highest BCUT2D eigenvalue weighted by Crippen LogP contribution is 2.19.